The van der Waals surface area contributed by atoms with Crippen molar-refractivity contribution in [2.45, 2.75) is 70.4 Å². The Labute approximate surface area is 158 Å². The lowest BCUT2D eigenvalue weighted by Crippen LogP contribution is -2.59. The molecule has 0 atom stereocenters. The van der Waals surface area contributed by atoms with E-state index < -0.39 is 0 Å². The summed E-state index contributed by atoms with van der Waals surface area (Å²) in [7, 11) is 1.85. The van der Waals surface area contributed by atoms with Gasteiger partial charge in [-0.2, -0.15) is 0 Å². The number of nitrogens with zero attached hydrogens (tertiary/aromatic N) is 3. The van der Waals surface area contributed by atoms with Gasteiger partial charge in [0, 0.05) is 24.8 Å². The molecular formula is C21H35N5. The van der Waals surface area contributed by atoms with Crippen LogP contribution in [0.1, 0.15) is 62.8 Å². The minimum Gasteiger partial charge on any atom is -0.355 e. The molecule has 1 saturated carbocycles. The summed E-state index contributed by atoms with van der Waals surface area (Å²) >= 11 is 0. The van der Waals surface area contributed by atoms with Gasteiger partial charge in [-0.15, -0.1) is 0 Å². The van der Waals surface area contributed by atoms with Gasteiger partial charge in [0.1, 0.15) is 0 Å². The van der Waals surface area contributed by atoms with Crippen LogP contribution in [0.4, 0.5) is 0 Å². The molecule has 1 aromatic heterocycles. The zero-order chi connectivity index (χ0) is 18.2. The maximum atomic E-state index is 4.56. The molecule has 5 nitrogen and oxygen atoms in total. The smallest absolute Gasteiger partial charge is 0.191 e. The van der Waals surface area contributed by atoms with Crippen LogP contribution < -0.4 is 10.6 Å². The Kier molecular flexibility index (Phi) is 6.89. The molecule has 26 heavy (non-hydrogen) atoms. The van der Waals surface area contributed by atoms with Crippen molar-refractivity contribution in [1.29, 1.82) is 0 Å². The topological polar surface area (TPSA) is 52.6 Å². The van der Waals surface area contributed by atoms with Crippen molar-refractivity contribution in [2.24, 2.45) is 4.99 Å². The third-order valence-electron chi connectivity index (χ3n) is 6.00. The molecule has 5 heteroatoms. The van der Waals surface area contributed by atoms with E-state index in [2.05, 4.69) is 37.6 Å². The normalized spacial score (nSPS) is 21.4. The molecule has 2 N–H and O–H groups in total. The lowest BCUT2D eigenvalue weighted by Gasteiger charge is -2.48. The van der Waals surface area contributed by atoms with E-state index in [1.807, 2.05) is 20.0 Å². The third-order valence-corrected chi connectivity index (χ3v) is 6.00. The van der Waals surface area contributed by atoms with Gasteiger partial charge >= 0.3 is 0 Å². The van der Waals surface area contributed by atoms with Crippen molar-refractivity contribution in [2.75, 3.05) is 26.7 Å². The molecule has 2 heterocycles. The molecule has 0 unspecified atom stereocenters. The Balaban J connectivity index is 1.57. The second-order valence-electron chi connectivity index (χ2n) is 7.88. The van der Waals surface area contributed by atoms with E-state index in [-0.39, 0.29) is 0 Å². The predicted octanol–water partition coefficient (Wildman–Crippen LogP) is 3.24. The maximum absolute atomic E-state index is 4.56. The van der Waals surface area contributed by atoms with Crippen LogP contribution in [0.2, 0.25) is 0 Å². The summed E-state index contributed by atoms with van der Waals surface area (Å²) in [6, 6.07) is 6.15. The van der Waals surface area contributed by atoms with E-state index >= 15 is 0 Å². The van der Waals surface area contributed by atoms with Gasteiger partial charge in [0.05, 0.1) is 12.2 Å². The number of guanidine groups is 1. The Morgan fingerprint density at radius 2 is 1.81 bits per heavy atom. The Hall–Kier alpha value is -1.62. The van der Waals surface area contributed by atoms with Gasteiger partial charge in [-0.1, -0.05) is 31.7 Å². The van der Waals surface area contributed by atoms with Crippen LogP contribution in [0.5, 0.6) is 0 Å². The van der Waals surface area contributed by atoms with Crippen molar-refractivity contribution in [1.82, 2.24) is 20.5 Å². The van der Waals surface area contributed by atoms with Crippen molar-refractivity contribution < 1.29 is 0 Å². The first kappa shape index (κ1) is 19.2. The van der Waals surface area contributed by atoms with Gasteiger partial charge < -0.3 is 10.6 Å². The molecule has 3 rings (SSSR count). The number of likely N-dealkylation sites (tertiary alicyclic amines) is 1. The number of aliphatic imine (C=N–C) groups is 1. The van der Waals surface area contributed by atoms with Crippen LogP contribution in [0, 0.1) is 6.92 Å². The molecule has 0 radical (unpaired) electrons. The number of nitrogens with one attached hydrogen (secondary N) is 2. The fourth-order valence-corrected chi connectivity index (χ4v) is 4.52. The molecule has 0 spiro atoms. The van der Waals surface area contributed by atoms with Gasteiger partial charge in [-0.05, 0) is 57.8 Å². The average molecular weight is 358 g/mol. The minimum absolute atomic E-state index is 0.317. The summed E-state index contributed by atoms with van der Waals surface area (Å²) < 4.78 is 0. The van der Waals surface area contributed by atoms with E-state index in [9.17, 15) is 0 Å². The quantitative estimate of drug-likeness (QED) is 0.627. The van der Waals surface area contributed by atoms with Crippen molar-refractivity contribution >= 4 is 5.96 Å². The van der Waals surface area contributed by atoms with Gasteiger partial charge in [0.2, 0.25) is 0 Å². The number of pyridine rings is 1. The number of hydrogen-bond acceptors (Lipinski definition) is 3. The lowest BCUT2D eigenvalue weighted by molar-refractivity contribution is 0.0368. The first-order valence-corrected chi connectivity index (χ1v) is 10.3. The number of rotatable bonds is 5. The molecule has 1 aliphatic heterocycles. The maximum Gasteiger partial charge on any atom is 0.191 e. The molecule has 0 aromatic carbocycles. The van der Waals surface area contributed by atoms with E-state index in [0.717, 1.165) is 23.9 Å². The zero-order valence-electron chi connectivity index (χ0n) is 16.6. The monoisotopic (exact) mass is 357 g/mol. The highest BCUT2D eigenvalue weighted by molar-refractivity contribution is 5.79. The first-order valence-electron chi connectivity index (χ1n) is 10.3. The van der Waals surface area contributed by atoms with Gasteiger partial charge in [-0.3, -0.25) is 14.9 Å². The Morgan fingerprint density at radius 1 is 1.08 bits per heavy atom. The van der Waals surface area contributed by atoms with Gasteiger partial charge in [0.15, 0.2) is 5.96 Å². The molecular weight excluding hydrogens is 322 g/mol. The number of aromatic nitrogens is 1. The van der Waals surface area contributed by atoms with Crippen molar-refractivity contribution in [3.63, 3.8) is 0 Å². The highest BCUT2D eigenvalue weighted by Crippen LogP contribution is 2.35. The van der Waals surface area contributed by atoms with Crippen molar-refractivity contribution in [3.8, 4) is 0 Å². The van der Waals surface area contributed by atoms with Gasteiger partial charge in [0.25, 0.3) is 0 Å². The third kappa shape index (κ3) is 4.97. The van der Waals surface area contributed by atoms with Crippen LogP contribution >= 0.6 is 0 Å². The van der Waals surface area contributed by atoms with E-state index in [0.29, 0.717) is 12.1 Å². The number of aryl methyl sites for hydroxylation is 1. The summed E-state index contributed by atoms with van der Waals surface area (Å²) in [5.41, 5.74) is 2.42. The van der Waals surface area contributed by atoms with E-state index in [1.165, 1.54) is 64.5 Å². The van der Waals surface area contributed by atoms with Crippen molar-refractivity contribution in [3.05, 3.63) is 29.6 Å². The first-order chi connectivity index (χ1) is 12.7. The molecule has 1 saturated heterocycles. The van der Waals surface area contributed by atoms with E-state index in [1.54, 1.807) is 0 Å². The molecule has 0 amide bonds. The Morgan fingerprint density at radius 3 is 2.50 bits per heavy atom. The predicted molar refractivity (Wildman–Crippen MR) is 108 cm³/mol. The minimum atomic E-state index is 0.317. The SMILES string of the molecule is CN=C(NCc1cccc(C)n1)NCC1(N2CCCCC2)CCCCC1. The lowest BCUT2D eigenvalue weighted by atomic mass is 9.79. The second-order valence-corrected chi connectivity index (χ2v) is 7.88. The number of hydrogen-bond donors (Lipinski definition) is 2. The zero-order valence-corrected chi connectivity index (χ0v) is 16.6. The highest BCUT2D eigenvalue weighted by Gasteiger charge is 2.38. The summed E-state index contributed by atoms with van der Waals surface area (Å²) in [6.45, 7) is 6.26. The molecule has 2 fully saturated rings. The summed E-state index contributed by atoms with van der Waals surface area (Å²) in [6.07, 6.45) is 10.8. The number of piperidine rings is 1. The largest absolute Gasteiger partial charge is 0.355 e. The summed E-state index contributed by atoms with van der Waals surface area (Å²) in [4.78, 5) is 11.8. The molecule has 144 valence electrons. The standard InChI is InChI=1S/C21H35N5/c1-18-10-9-11-19(25-18)16-23-20(22-2)24-17-21(12-5-3-6-13-21)26-14-7-4-8-15-26/h9-11H,3-8,12-17H2,1-2H3,(H2,22,23,24). The van der Waals surface area contributed by atoms with Crippen LogP contribution in [0.25, 0.3) is 0 Å². The summed E-state index contributed by atoms with van der Waals surface area (Å²) in [5.74, 6) is 0.885. The highest BCUT2D eigenvalue weighted by atomic mass is 15.3. The molecule has 0 bridgehead atoms. The molecule has 1 aliphatic carbocycles. The Bertz CT molecular complexity index is 586. The molecule has 1 aromatic rings. The fourth-order valence-electron chi connectivity index (χ4n) is 4.52. The van der Waals surface area contributed by atoms with Crippen LogP contribution in [0.15, 0.2) is 23.2 Å². The fraction of sp³-hybridized carbons (Fsp3) is 0.714. The summed E-state index contributed by atoms with van der Waals surface area (Å²) in [5, 5.41) is 7.06. The van der Waals surface area contributed by atoms with Crippen LogP contribution in [-0.2, 0) is 6.54 Å². The molecule has 2 aliphatic rings. The second kappa shape index (κ2) is 9.36. The van der Waals surface area contributed by atoms with Crippen LogP contribution in [0.3, 0.4) is 0 Å². The van der Waals surface area contributed by atoms with Crippen LogP contribution in [-0.4, -0.2) is 48.1 Å². The van der Waals surface area contributed by atoms with Gasteiger partial charge in [-0.25, -0.2) is 0 Å². The average Bonchev–Trinajstić information content (AvgIpc) is 2.69. The van der Waals surface area contributed by atoms with E-state index in [4.69, 9.17) is 0 Å².